The number of rotatable bonds is 6. The lowest BCUT2D eigenvalue weighted by atomic mass is 10.2. The molecule has 62 valence electrons. The summed E-state index contributed by atoms with van der Waals surface area (Å²) in [5.41, 5.74) is 1.08. The van der Waals surface area contributed by atoms with Crippen molar-refractivity contribution in [1.29, 1.82) is 0 Å². The summed E-state index contributed by atoms with van der Waals surface area (Å²) in [6.07, 6.45) is 6.48. The van der Waals surface area contributed by atoms with Gasteiger partial charge in [-0.2, -0.15) is 0 Å². The molecule has 0 aliphatic heterocycles. The van der Waals surface area contributed by atoms with E-state index in [1.165, 1.54) is 0 Å². The Labute approximate surface area is 69.1 Å². The summed E-state index contributed by atoms with van der Waals surface area (Å²) in [6, 6.07) is 0. The summed E-state index contributed by atoms with van der Waals surface area (Å²) in [5.74, 6) is 0. The number of allylic oxidation sites excluding steroid dienone is 3. The molecule has 0 unspecified atom stereocenters. The Bertz CT molecular complexity index is 145. The fraction of sp³-hybridized carbons (Fsp3) is 0.400. The minimum Gasteiger partial charge on any atom is -0.381 e. The maximum absolute atomic E-state index is 5.16. The smallest absolute Gasteiger partial charge is 0.0506 e. The molecule has 0 spiro atoms. The molecule has 1 nitrogen and oxygen atoms in total. The SMILES string of the molecule is C=C/C=C\C(=C)CCOCC. The summed E-state index contributed by atoms with van der Waals surface area (Å²) < 4.78 is 5.16. The van der Waals surface area contributed by atoms with Gasteiger partial charge in [-0.3, -0.25) is 0 Å². The molecule has 0 saturated heterocycles. The molecule has 0 aromatic heterocycles. The molecular weight excluding hydrogens is 136 g/mol. The van der Waals surface area contributed by atoms with E-state index in [4.69, 9.17) is 4.74 Å². The van der Waals surface area contributed by atoms with Gasteiger partial charge >= 0.3 is 0 Å². The minimum absolute atomic E-state index is 0.761. The van der Waals surface area contributed by atoms with Gasteiger partial charge in [0.1, 0.15) is 0 Å². The van der Waals surface area contributed by atoms with Crippen molar-refractivity contribution in [3.8, 4) is 0 Å². The lowest BCUT2D eigenvalue weighted by molar-refractivity contribution is 0.151. The van der Waals surface area contributed by atoms with Crippen LogP contribution >= 0.6 is 0 Å². The van der Waals surface area contributed by atoms with Crippen LogP contribution in [0.1, 0.15) is 13.3 Å². The summed E-state index contributed by atoms with van der Waals surface area (Å²) in [7, 11) is 0. The van der Waals surface area contributed by atoms with Crippen molar-refractivity contribution in [1.82, 2.24) is 0 Å². The first-order valence-electron chi connectivity index (χ1n) is 3.86. The maximum atomic E-state index is 5.16. The van der Waals surface area contributed by atoms with Crippen LogP contribution in [0.3, 0.4) is 0 Å². The van der Waals surface area contributed by atoms with Gasteiger partial charge in [-0.1, -0.05) is 37.0 Å². The van der Waals surface area contributed by atoms with Crippen molar-refractivity contribution in [3.05, 3.63) is 37.0 Å². The van der Waals surface area contributed by atoms with Crippen molar-refractivity contribution >= 4 is 0 Å². The van der Waals surface area contributed by atoms with Crippen molar-refractivity contribution in [2.45, 2.75) is 13.3 Å². The van der Waals surface area contributed by atoms with Crippen LogP contribution in [0, 0.1) is 0 Å². The molecule has 0 aromatic rings. The molecule has 0 heterocycles. The van der Waals surface area contributed by atoms with Gasteiger partial charge in [0, 0.05) is 6.61 Å². The molecule has 0 aliphatic carbocycles. The first kappa shape index (κ1) is 10.2. The van der Waals surface area contributed by atoms with Gasteiger partial charge in [-0.05, 0) is 13.3 Å². The van der Waals surface area contributed by atoms with Crippen molar-refractivity contribution in [2.24, 2.45) is 0 Å². The van der Waals surface area contributed by atoms with Crippen LogP contribution in [0.25, 0.3) is 0 Å². The summed E-state index contributed by atoms with van der Waals surface area (Å²) in [5, 5.41) is 0. The van der Waals surface area contributed by atoms with Gasteiger partial charge in [0.2, 0.25) is 0 Å². The highest BCUT2D eigenvalue weighted by Gasteiger charge is 1.87. The monoisotopic (exact) mass is 152 g/mol. The third kappa shape index (κ3) is 7.07. The predicted octanol–water partition coefficient (Wildman–Crippen LogP) is 2.71. The molecule has 0 aromatic carbocycles. The fourth-order valence-corrected chi connectivity index (χ4v) is 0.635. The maximum Gasteiger partial charge on any atom is 0.0506 e. The molecule has 0 aliphatic rings. The standard InChI is InChI=1S/C10H16O/c1-4-6-7-10(3)8-9-11-5-2/h4,6-7H,1,3,5,8-9H2,2H3/b7-6-. The molecule has 0 rings (SSSR count). The van der Waals surface area contributed by atoms with Crippen molar-refractivity contribution in [2.75, 3.05) is 13.2 Å². The first-order chi connectivity index (χ1) is 5.31. The number of hydrogen-bond donors (Lipinski definition) is 0. The topological polar surface area (TPSA) is 9.23 Å². The van der Waals surface area contributed by atoms with E-state index in [1.54, 1.807) is 6.08 Å². The normalized spacial score (nSPS) is 10.3. The van der Waals surface area contributed by atoms with E-state index in [2.05, 4.69) is 13.2 Å². The van der Waals surface area contributed by atoms with E-state index >= 15 is 0 Å². The van der Waals surface area contributed by atoms with E-state index in [1.807, 2.05) is 19.1 Å². The summed E-state index contributed by atoms with van der Waals surface area (Å²) in [4.78, 5) is 0. The van der Waals surface area contributed by atoms with Crippen molar-refractivity contribution in [3.63, 3.8) is 0 Å². The van der Waals surface area contributed by atoms with Crippen LogP contribution in [0.15, 0.2) is 37.0 Å². The van der Waals surface area contributed by atoms with Gasteiger partial charge in [-0.15, -0.1) is 0 Å². The Morgan fingerprint density at radius 3 is 2.82 bits per heavy atom. The van der Waals surface area contributed by atoms with Gasteiger partial charge in [-0.25, -0.2) is 0 Å². The predicted molar refractivity (Wildman–Crippen MR) is 49.6 cm³/mol. The second-order valence-electron chi connectivity index (χ2n) is 2.20. The zero-order valence-corrected chi connectivity index (χ0v) is 7.18. The molecule has 0 bridgehead atoms. The minimum atomic E-state index is 0.761. The number of hydrogen-bond acceptors (Lipinski definition) is 1. The van der Waals surface area contributed by atoms with E-state index in [0.29, 0.717) is 0 Å². The molecule has 1 heteroatoms. The van der Waals surface area contributed by atoms with Crippen LogP contribution in [-0.2, 0) is 4.74 Å². The highest BCUT2D eigenvalue weighted by molar-refractivity contribution is 5.17. The van der Waals surface area contributed by atoms with Crippen molar-refractivity contribution < 1.29 is 4.74 Å². The Morgan fingerprint density at radius 1 is 1.55 bits per heavy atom. The average molecular weight is 152 g/mol. The molecular formula is C10H16O. The third-order valence-electron chi connectivity index (χ3n) is 1.24. The number of ether oxygens (including phenoxy) is 1. The van der Waals surface area contributed by atoms with Gasteiger partial charge in [0.25, 0.3) is 0 Å². The van der Waals surface area contributed by atoms with Crippen LogP contribution in [0.4, 0.5) is 0 Å². The van der Waals surface area contributed by atoms with Crippen LogP contribution in [0.2, 0.25) is 0 Å². The summed E-state index contributed by atoms with van der Waals surface area (Å²) >= 11 is 0. The van der Waals surface area contributed by atoms with E-state index in [0.717, 1.165) is 25.2 Å². The lowest BCUT2D eigenvalue weighted by Gasteiger charge is -1.99. The molecule has 0 amide bonds. The second kappa shape index (κ2) is 7.29. The van der Waals surface area contributed by atoms with Crippen LogP contribution in [-0.4, -0.2) is 13.2 Å². The van der Waals surface area contributed by atoms with E-state index in [9.17, 15) is 0 Å². The van der Waals surface area contributed by atoms with Gasteiger partial charge < -0.3 is 4.74 Å². The van der Waals surface area contributed by atoms with Gasteiger partial charge in [0.05, 0.1) is 6.61 Å². The second-order valence-corrected chi connectivity index (χ2v) is 2.20. The molecule has 0 saturated carbocycles. The van der Waals surface area contributed by atoms with E-state index in [-0.39, 0.29) is 0 Å². The third-order valence-corrected chi connectivity index (χ3v) is 1.24. The Kier molecular flexibility index (Phi) is 6.75. The first-order valence-corrected chi connectivity index (χ1v) is 3.86. The zero-order valence-electron chi connectivity index (χ0n) is 7.18. The zero-order chi connectivity index (χ0) is 8.53. The fourth-order valence-electron chi connectivity index (χ4n) is 0.635. The Balaban J connectivity index is 3.37. The van der Waals surface area contributed by atoms with Gasteiger partial charge in [0.15, 0.2) is 0 Å². The van der Waals surface area contributed by atoms with Crippen LogP contribution < -0.4 is 0 Å². The molecule has 0 atom stereocenters. The lowest BCUT2D eigenvalue weighted by Crippen LogP contribution is -1.93. The average Bonchev–Trinajstić information content (AvgIpc) is 2.01. The molecule has 0 radical (unpaired) electrons. The Hall–Kier alpha value is -0.820. The summed E-state index contributed by atoms with van der Waals surface area (Å²) in [6.45, 7) is 10.9. The Morgan fingerprint density at radius 2 is 2.27 bits per heavy atom. The largest absolute Gasteiger partial charge is 0.381 e. The highest BCUT2D eigenvalue weighted by atomic mass is 16.5. The highest BCUT2D eigenvalue weighted by Crippen LogP contribution is 1.99. The van der Waals surface area contributed by atoms with Crippen LogP contribution in [0.5, 0.6) is 0 Å². The van der Waals surface area contributed by atoms with E-state index < -0.39 is 0 Å². The molecule has 0 N–H and O–H groups in total. The molecule has 11 heavy (non-hydrogen) atoms. The molecule has 0 fully saturated rings. The quantitative estimate of drug-likeness (QED) is 0.420.